The molecule has 0 spiro atoms. The van der Waals surface area contributed by atoms with Crippen molar-refractivity contribution in [1.29, 1.82) is 0 Å². The molecular weight excluding hydrogens is 429 g/mol. The molecule has 0 amide bonds. The molecule has 0 unspecified atom stereocenters. The summed E-state index contributed by atoms with van der Waals surface area (Å²) in [5.74, 6) is 0. The number of piperazine rings is 1. The quantitative estimate of drug-likeness (QED) is 0.660. The van der Waals surface area contributed by atoms with Gasteiger partial charge in [-0.15, -0.1) is 12.4 Å². The Hall–Kier alpha value is -1.44. The highest BCUT2D eigenvalue weighted by Gasteiger charge is 2.23. The molecule has 2 aromatic carbocycles. The Morgan fingerprint density at radius 1 is 0.926 bits per heavy atom. The molecule has 1 aliphatic heterocycles. The summed E-state index contributed by atoms with van der Waals surface area (Å²) in [6.45, 7) is 3.40. The van der Waals surface area contributed by atoms with E-state index in [4.69, 9.17) is 23.2 Å². The molecule has 0 aliphatic carbocycles. The van der Waals surface area contributed by atoms with Crippen LogP contribution < -0.4 is 10.2 Å². The van der Waals surface area contributed by atoms with E-state index in [1.807, 2.05) is 6.07 Å². The van der Waals surface area contributed by atoms with E-state index in [-0.39, 0.29) is 17.3 Å². The predicted molar refractivity (Wildman–Crippen MR) is 113 cm³/mol. The maximum Gasteiger partial charge on any atom is 0.268 e. The summed E-state index contributed by atoms with van der Waals surface area (Å²) in [5, 5.41) is 5.26. The van der Waals surface area contributed by atoms with E-state index in [0.717, 1.165) is 37.3 Å². The minimum atomic E-state index is -3.72. The highest BCUT2D eigenvalue weighted by Crippen LogP contribution is 2.36. The number of rotatable bonds is 3. The number of fused-ring (bicyclic) bond motifs is 1. The number of benzene rings is 2. The number of aromatic nitrogens is 1. The molecule has 1 fully saturated rings. The first kappa shape index (κ1) is 20.3. The van der Waals surface area contributed by atoms with Crippen molar-refractivity contribution < 1.29 is 8.42 Å². The van der Waals surface area contributed by atoms with Crippen LogP contribution in [-0.2, 0) is 10.0 Å². The van der Waals surface area contributed by atoms with Crippen molar-refractivity contribution in [3.05, 3.63) is 58.7 Å². The average molecular weight is 447 g/mol. The molecule has 0 atom stereocenters. The van der Waals surface area contributed by atoms with E-state index in [2.05, 4.69) is 10.2 Å². The van der Waals surface area contributed by atoms with Gasteiger partial charge in [0.1, 0.15) is 0 Å². The zero-order valence-electron chi connectivity index (χ0n) is 14.2. The number of anilines is 1. The summed E-state index contributed by atoms with van der Waals surface area (Å²) < 4.78 is 27.4. The van der Waals surface area contributed by atoms with Crippen LogP contribution in [0.15, 0.2) is 53.6 Å². The molecule has 0 bridgehead atoms. The second kappa shape index (κ2) is 7.89. The fraction of sp³-hybridized carbons (Fsp3) is 0.222. The van der Waals surface area contributed by atoms with Crippen LogP contribution in [0, 0.1) is 0 Å². The molecular formula is C18H18Cl3N3O2S. The normalized spacial score (nSPS) is 15.0. The van der Waals surface area contributed by atoms with Crippen LogP contribution in [0.3, 0.4) is 0 Å². The van der Waals surface area contributed by atoms with Gasteiger partial charge < -0.3 is 10.2 Å². The molecule has 1 aliphatic rings. The molecule has 2 heterocycles. The van der Waals surface area contributed by atoms with E-state index in [1.165, 1.54) is 16.1 Å². The first-order chi connectivity index (χ1) is 12.5. The summed E-state index contributed by atoms with van der Waals surface area (Å²) in [5.41, 5.74) is 1.49. The molecule has 1 aromatic heterocycles. The van der Waals surface area contributed by atoms with Gasteiger partial charge in [0.2, 0.25) is 0 Å². The molecule has 0 radical (unpaired) electrons. The van der Waals surface area contributed by atoms with Gasteiger partial charge in [-0.1, -0.05) is 23.2 Å². The second-order valence-corrected chi connectivity index (χ2v) is 8.79. The molecule has 1 saturated heterocycles. The van der Waals surface area contributed by atoms with E-state index < -0.39 is 10.0 Å². The zero-order chi connectivity index (χ0) is 18.3. The van der Waals surface area contributed by atoms with Gasteiger partial charge >= 0.3 is 0 Å². The molecule has 1 N–H and O–H groups in total. The Morgan fingerprint density at radius 3 is 2.26 bits per heavy atom. The van der Waals surface area contributed by atoms with Gasteiger partial charge in [0, 0.05) is 42.8 Å². The minimum absolute atomic E-state index is 0. The molecule has 27 heavy (non-hydrogen) atoms. The first-order valence-corrected chi connectivity index (χ1v) is 10.4. The Bertz CT molecular complexity index is 1060. The Morgan fingerprint density at radius 2 is 1.59 bits per heavy atom. The molecule has 9 heteroatoms. The first-order valence-electron chi connectivity index (χ1n) is 8.25. The molecule has 5 nitrogen and oxygen atoms in total. The van der Waals surface area contributed by atoms with Gasteiger partial charge in [0.25, 0.3) is 10.0 Å². The van der Waals surface area contributed by atoms with Crippen molar-refractivity contribution in [2.75, 3.05) is 31.1 Å². The fourth-order valence-electron chi connectivity index (χ4n) is 3.29. The molecule has 3 aromatic rings. The Balaban J connectivity index is 0.00000210. The number of halogens is 3. The summed E-state index contributed by atoms with van der Waals surface area (Å²) in [7, 11) is -3.72. The number of nitrogens with zero attached hydrogens (tertiary/aromatic N) is 2. The fourth-order valence-corrected chi connectivity index (χ4v) is 5.05. The maximum atomic E-state index is 13.1. The van der Waals surface area contributed by atoms with Crippen molar-refractivity contribution in [2.45, 2.75) is 4.90 Å². The molecule has 0 saturated carbocycles. The highest BCUT2D eigenvalue weighted by molar-refractivity contribution is 7.90. The van der Waals surface area contributed by atoms with Crippen LogP contribution >= 0.6 is 35.6 Å². The van der Waals surface area contributed by atoms with Crippen LogP contribution in [0.4, 0.5) is 5.69 Å². The summed E-state index contributed by atoms with van der Waals surface area (Å²) in [6.07, 6.45) is 1.58. The van der Waals surface area contributed by atoms with E-state index in [9.17, 15) is 8.42 Å². The van der Waals surface area contributed by atoms with Crippen molar-refractivity contribution in [3.63, 3.8) is 0 Å². The standard InChI is InChI=1S/C18H17Cl2N3O2S.ClH/c19-13-1-3-14(4-2-13)26(24,25)23-10-7-15-17(23)6-5-16(20)18(15)22-11-8-21-9-12-22;/h1-7,10,21H,8-9,11-12H2;1H. The highest BCUT2D eigenvalue weighted by atomic mass is 35.5. The number of nitrogens with one attached hydrogen (secondary N) is 1. The number of hydrogen-bond acceptors (Lipinski definition) is 4. The third kappa shape index (κ3) is 3.65. The van der Waals surface area contributed by atoms with Crippen LogP contribution in [-0.4, -0.2) is 38.6 Å². The summed E-state index contributed by atoms with van der Waals surface area (Å²) in [4.78, 5) is 2.39. The lowest BCUT2D eigenvalue weighted by atomic mass is 10.2. The third-order valence-corrected chi connectivity index (χ3v) is 6.82. The van der Waals surface area contributed by atoms with Gasteiger partial charge in [0.15, 0.2) is 0 Å². The third-order valence-electron chi connectivity index (χ3n) is 4.56. The number of hydrogen-bond donors (Lipinski definition) is 1. The summed E-state index contributed by atoms with van der Waals surface area (Å²) in [6, 6.07) is 11.5. The van der Waals surface area contributed by atoms with Gasteiger partial charge in [-0.25, -0.2) is 12.4 Å². The second-order valence-electron chi connectivity index (χ2n) is 6.14. The van der Waals surface area contributed by atoms with Crippen molar-refractivity contribution >= 4 is 62.2 Å². The molecule has 4 rings (SSSR count). The minimum Gasteiger partial charge on any atom is -0.367 e. The SMILES string of the molecule is Cl.O=S(=O)(c1ccc(Cl)cc1)n1ccc2c(N3CCNCC3)c(Cl)ccc21. The smallest absolute Gasteiger partial charge is 0.268 e. The van der Waals surface area contributed by atoms with Gasteiger partial charge in [-0.05, 0) is 42.5 Å². The van der Waals surface area contributed by atoms with Gasteiger partial charge in [-0.2, -0.15) is 0 Å². The maximum absolute atomic E-state index is 13.1. The zero-order valence-corrected chi connectivity index (χ0v) is 17.4. The lowest BCUT2D eigenvalue weighted by Crippen LogP contribution is -2.43. The van der Waals surface area contributed by atoms with E-state index >= 15 is 0 Å². The van der Waals surface area contributed by atoms with Gasteiger partial charge in [-0.3, -0.25) is 0 Å². The Kier molecular flexibility index (Phi) is 5.93. The van der Waals surface area contributed by atoms with Crippen LogP contribution in [0.5, 0.6) is 0 Å². The van der Waals surface area contributed by atoms with Crippen LogP contribution in [0.1, 0.15) is 0 Å². The average Bonchev–Trinajstić information content (AvgIpc) is 3.07. The van der Waals surface area contributed by atoms with E-state index in [1.54, 1.807) is 30.5 Å². The molecule has 144 valence electrons. The topological polar surface area (TPSA) is 54.3 Å². The Labute approximate surface area is 174 Å². The van der Waals surface area contributed by atoms with Gasteiger partial charge in [0.05, 0.1) is 21.1 Å². The largest absolute Gasteiger partial charge is 0.367 e. The van der Waals surface area contributed by atoms with Crippen LogP contribution in [0.25, 0.3) is 10.9 Å². The van der Waals surface area contributed by atoms with Crippen molar-refractivity contribution in [1.82, 2.24) is 9.29 Å². The van der Waals surface area contributed by atoms with Crippen LogP contribution in [0.2, 0.25) is 10.0 Å². The summed E-state index contributed by atoms with van der Waals surface area (Å²) >= 11 is 12.3. The lowest BCUT2D eigenvalue weighted by Gasteiger charge is -2.30. The monoisotopic (exact) mass is 445 g/mol. The predicted octanol–water partition coefficient (Wildman–Crippen LogP) is 4.02. The van der Waals surface area contributed by atoms with Crippen molar-refractivity contribution in [3.8, 4) is 0 Å². The lowest BCUT2D eigenvalue weighted by molar-refractivity contribution is 0.588. The van der Waals surface area contributed by atoms with Crippen molar-refractivity contribution in [2.24, 2.45) is 0 Å². The van der Waals surface area contributed by atoms with E-state index in [0.29, 0.717) is 15.6 Å².